The van der Waals surface area contributed by atoms with E-state index in [9.17, 15) is 0 Å². The number of rotatable bonds is 6. The summed E-state index contributed by atoms with van der Waals surface area (Å²) in [5, 5.41) is 7.58. The smallest absolute Gasteiger partial charge is 0.0561 e. The highest BCUT2D eigenvalue weighted by atomic mass is 32.1. The van der Waals surface area contributed by atoms with Crippen LogP contribution in [0.15, 0.2) is 212 Å². The summed E-state index contributed by atoms with van der Waals surface area (Å²) in [5.74, 6) is 0. The Balaban J connectivity index is 1.07. The number of anilines is 3. The lowest BCUT2D eigenvalue weighted by molar-refractivity contribution is 1.18. The summed E-state index contributed by atoms with van der Waals surface area (Å²) in [4.78, 5) is 2.41. The molecule has 0 fully saturated rings. The molecule has 0 spiro atoms. The summed E-state index contributed by atoms with van der Waals surface area (Å²) in [6, 6.07) is 77.5. The van der Waals surface area contributed by atoms with E-state index in [1.165, 1.54) is 69.5 Å². The second-order valence-corrected chi connectivity index (χ2v) is 16.0. The molecular formula is C54H35N3S. The number of hydrogen-bond acceptors (Lipinski definition) is 2. The van der Waals surface area contributed by atoms with E-state index in [0.29, 0.717) is 0 Å². The molecule has 3 aromatic heterocycles. The molecule has 0 saturated carbocycles. The SMILES string of the molecule is c1ccc(N(c2ccc3c4ccccc4n(-c4ccccc4)c3c2)c2ccccc2-c2ccc3c4ccccc4n(-c4ccc5sc6ccccc6c5c4)c3c2)cc1. The van der Waals surface area contributed by atoms with Crippen molar-refractivity contribution in [1.29, 1.82) is 0 Å². The lowest BCUT2D eigenvalue weighted by Crippen LogP contribution is -2.11. The third-order valence-corrected chi connectivity index (χ3v) is 12.8. The first-order valence-corrected chi connectivity index (χ1v) is 20.6. The van der Waals surface area contributed by atoms with E-state index in [4.69, 9.17) is 0 Å². The first-order chi connectivity index (χ1) is 28.8. The van der Waals surface area contributed by atoms with Crippen LogP contribution in [-0.2, 0) is 0 Å². The second-order valence-electron chi connectivity index (χ2n) is 14.9. The Morgan fingerprint density at radius 1 is 0.328 bits per heavy atom. The van der Waals surface area contributed by atoms with Gasteiger partial charge in [0.2, 0.25) is 0 Å². The number of para-hydroxylation sites is 5. The fourth-order valence-electron chi connectivity index (χ4n) is 9.14. The molecule has 3 nitrogen and oxygen atoms in total. The standard InChI is InChI=1S/C54H35N3S/c1-3-15-37(16-4-1)55(40-28-31-45-43-21-8-12-24-49(43)56(52(45)35-40)38-17-5-2-6-18-38)48-23-11-7-19-41(48)36-27-30-44-42-20-9-13-25-50(42)57(51(44)33-36)39-29-32-54-47(34-39)46-22-10-14-26-53(46)58-54/h1-35H. The molecule has 0 N–H and O–H groups in total. The van der Waals surface area contributed by atoms with Gasteiger partial charge in [-0.1, -0.05) is 127 Å². The molecule has 58 heavy (non-hydrogen) atoms. The van der Waals surface area contributed by atoms with Gasteiger partial charge < -0.3 is 14.0 Å². The molecule has 0 radical (unpaired) electrons. The molecule has 0 saturated heterocycles. The van der Waals surface area contributed by atoms with E-state index in [-0.39, 0.29) is 0 Å². The third-order valence-electron chi connectivity index (χ3n) is 11.7. The molecule has 0 aliphatic heterocycles. The first kappa shape index (κ1) is 32.8. The van der Waals surface area contributed by atoms with Crippen LogP contribution in [0.2, 0.25) is 0 Å². The maximum atomic E-state index is 2.45. The van der Waals surface area contributed by atoms with Crippen molar-refractivity contribution in [3.63, 3.8) is 0 Å². The van der Waals surface area contributed by atoms with Crippen molar-refractivity contribution in [2.45, 2.75) is 0 Å². The molecule has 3 heterocycles. The number of benzene rings is 9. The van der Waals surface area contributed by atoms with Crippen LogP contribution in [0.25, 0.3) is 86.3 Å². The minimum atomic E-state index is 1.10. The van der Waals surface area contributed by atoms with Crippen molar-refractivity contribution < 1.29 is 0 Å². The summed E-state index contributed by atoms with van der Waals surface area (Å²) in [6.07, 6.45) is 0. The van der Waals surface area contributed by atoms with Crippen LogP contribution in [-0.4, -0.2) is 9.13 Å². The van der Waals surface area contributed by atoms with E-state index in [0.717, 1.165) is 33.9 Å². The summed E-state index contributed by atoms with van der Waals surface area (Å²) in [5.41, 5.74) is 12.7. The Morgan fingerprint density at radius 2 is 0.897 bits per heavy atom. The molecule has 12 rings (SSSR count). The van der Waals surface area contributed by atoms with Gasteiger partial charge in [-0.3, -0.25) is 0 Å². The summed E-state index contributed by atoms with van der Waals surface area (Å²) < 4.78 is 7.48. The van der Waals surface area contributed by atoms with Crippen molar-refractivity contribution in [3.05, 3.63) is 212 Å². The van der Waals surface area contributed by atoms with Gasteiger partial charge in [-0.25, -0.2) is 0 Å². The lowest BCUT2D eigenvalue weighted by atomic mass is 10.00. The third kappa shape index (κ3) is 5.05. The molecule has 4 heteroatoms. The first-order valence-electron chi connectivity index (χ1n) is 19.8. The topological polar surface area (TPSA) is 13.1 Å². The zero-order valence-electron chi connectivity index (χ0n) is 31.5. The van der Waals surface area contributed by atoms with Crippen LogP contribution in [0.3, 0.4) is 0 Å². The van der Waals surface area contributed by atoms with E-state index in [1.54, 1.807) is 0 Å². The minimum Gasteiger partial charge on any atom is -0.310 e. The molecule has 0 amide bonds. The molecular weight excluding hydrogens is 723 g/mol. The number of thiophene rings is 1. The zero-order valence-corrected chi connectivity index (χ0v) is 32.3. The Hall–Kier alpha value is -7.40. The molecule has 12 aromatic rings. The van der Waals surface area contributed by atoms with Crippen molar-refractivity contribution in [2.24, 2.45) is 0 Å². The average molecular weight is 758 g/mol. The lowest BCUT2D eigenvalue weighted by Gasteiger charge is -2.28. The van der Waals surface area contributed by atoms with E-state index in [2.05, 4.69) is 226 Å². The highest BCUT2D eigenvalue weighted by Crippen LogP contribution is 2.45. The second kappa shape index (κ2) is 13.1. The van der Waals surface area contributed by atoms with Crippen LogP contribution in [0, 0.1) is 0 Å². The predicted molar refractivity (Wildman–Crippen MR) is 248 cm³/mol. The van der Waals surface area contributed by atoms with Crippen LogP contribution in [0.4, 0.5) is 17.1 Å². The van der Waals surface area contributed by atoms with Crippen LogP contribution in [0.1, 0.15) is 0 Å². The van der Waals surface area contributed by atoms with Gasteiger partial charge in [0.05, 0.1) is 27.8 Å². The number of hydrogen-bond donors (Lipinski definition) is 0. The van der Waals surface area contributed by atoms with Crippen molar-refractivity contribution in [1.82, 2.24) is 9.13 Å². The Kier molecular flexibility index (Phi) is 7.40. The van der Waals surface area contributed by atoms with Gasteiger partial charge in [0.25, 0.3) is 0 Å². The van der Waals surface area contributed by atoms with Crippen molar-refractivity contribution in [2.75, 3.05) is 4.90 Å². The maximum Gasteiger partial charge on any atom is 0.0561 e. The monoisotopic (exact) mass is 757 g/mol. The minimum absolute atomic E-state index is 1.10. The fraction of sp³-hybridized carbons (Fsp3) is 0. The maximum absolute atomic E-state index is 2.45. The molecule has 0 unspecified atom stereocenters. The van der Waals surface area contributed by atoms with Crippen LogP contribution < -0.4 is 4.90 Å². The highest BCUT2D eigenvalue weighted by molar-refractivity contribution is 7.25. The van der Waals surface area contributed by atoms with Crippen LogP contribution in [0.5, 0.6) is 0 Å². The summed E-state index contributed by atoms with van der Waals surface area (Å²) >= 11 is 1.86. The zero-order chi connectivity index (χ0) is 38.2. The number of aromatic nitrogens is 2. The molecule has 9 aromatic carbocycles. The Bertz CT molecular complexity index is 3520. The molecule has 0 aliphatic carbocycles. The summed E-state index contributed by atoms with van der Waals surface area (Å²) in [7, 11) is 0. The van der Waals surface area contributed by atoms with Gasteiger partial charge in [0.1, 0.15) is 0 Å². The molecule has 0 bridgehead atoms. The van der Waals surface area contributed by atoms with Gasteiger partial charge in [-0.2, -0.15) is 0 Å². The quantitative estimate of drug-likeness (QED) is 0.165. The molecule has 0 atom stereocenters. The average Bonchev–Trinajstić information content (AvgIpc) is 3.94. The highest BCUT2D eigenvalue weighted by Gasteiger charge is 2.21. The van der Waals surface area contributed by atoms with Crippen molar-refractivity contribution in [3.8, 4) is 22.5 Å². The van der Waals surface area contributed by atoms with Gasteiger partial charge in [-0.15, -0.1) is 11.3 Å². The van der Waals surface area contributed by atoms with E-state index < -0.39 is 0 Å². The largest absolute Gasteiger partial charge is 0.310 e. The van der Waals surface area contributed by atoms with Gasteiger partial charge >= 0.3 is 0 Å². The Morgan fingerprint density at radius 3 is 1.67 bits per heavy atom. The van der Waals surface area contributed by atoms with Crippen molar-refractivity contribution >= 4 is 92.2 Å². The Labute approximate surface area is 339 Å². The fourth-order valence-corrected chi connectivity index (χ4v) is 10.2. The number of fused-ring (bicyclic) bond motifs is 9. The predicted octanol–water partition coefficient (Wildman–Crippen LogP) is 15.4. The number of nitrogens with zero attached hydrogens (tertiary/aromatic N) is 3. The van der Waals surface area contributed by atoms with Gasteiger partial charge in [-0.05, 0) is 90.5 Å². The summed E-state index contributed by atoms with van der Waals surface area (Å²) in [6.45, 7) is 0. The van der Waals surface area contributed by atoms with Crippen LogP contribution >= 0.6 is 11.3 Å². The van der Waals surface area contributed by atoms with Gasteiger partial charge in [0, 0.05) is 70.0 Å². The molecule has 272 valence electrons. The van der Waals surface area contributed by atoms with E-state index in [1.807, 2.05) is 11.3 Å². The molecule has 0 aliphatic rings. The normalized spacial score (nSPS) is 11.8. The van der Waals surface area contributed by atoms with Gasteiger partial charge in [0.15, 0.2) is 0 Å². The van der Waals surface area contributed by atoms with E-state index >= 15 is 0 Å².